The third-order valence-corrected chi connectivity index (χ3v) is 4.17. The number of amides is 2. The molecule has 1 aliphatic rings. The summed E-state index contributed by atoms with van der Waals surface area (Å²) >= 11 is 0. The highest BCUT2D eigenvalue weighted by molar-refractivity contribution is 5.99. The Bertz CT molecular complexity index is 756. The van der Waals surface area contributed by atoms with Gasteiger partial charge in [-0.1, -0.05) is 23.8 Å². The molecule has 1 N–H and O–H groups in total. The number of benzene rings is 2. The van der Waals surface area contributed by atoms with Crippen LogP contribution in [0.1, 0.15) is 28.8 Å². The van der Waals surface area contributed by atoms with Gasteiger partial charge in [0.1, 0.15) is 12.4 Å². The second-order valence-corrected chi connectivity index (χ2v) is 6.12. The molecule has 2 aromatic carbocycles. The summed E-state index contributed by atoms with van der Waals surface area (Å²) < 4.78 is 5.60. The minimum absolute atomic E-state index is 0.115. The fraction of sp³-hybridized carbons (Fsp3) is 0.300. The van der Waals surface area contributed by atoms with E-state index in [2.05, 4.69) is 5.32 Å². The highest BCUT2D eigenvalue weighted by atomic mass is 16.5. The molecule has 0 radical (unpaired) electrons. The second kappa shape index (κ2) is 7.83. The van der Waals surface area contributed by atoms with Crippen LogP contribution in [0, 0.1) is 6.92 Å². The first-order chi connectivity index (χ1) is 12.1. The van der Waals surface area contributed by atoms with Gasteiger partial charge in [0.2, 0.25) is 5.91 Å². The second-order valence-electron chi connectivity index (χ2n) is 6.12. The summed E-state index contributed by atoms with van der Waals surface area (Å²) in [7, 11) is 0. The average Bonchev–Trinajstić information content (AvgIpc) is 3.06. The number of carbonyl (C=O) groups is 2. The van der Waals surface area contributed by atoms with E-state index >= 15 is 0 Å². The number of anilines is 1. The van der Waals surface area contributed by atoms with E-state index in [-0.39, 0.29) is 11.8 Å². The topological polar surface area (TPSA) is 58.6 Å². The molecule has 0 bridgehead atoms. The zero-order valence-electron chi connectivity index (χ0n) is 14.3. The van der Waals surface area contributed by atoms with Crippen molar-refractivity contribution in [1.29, 1.82) is 0 Å². The quantitative estimate of drug-likeness (QED) is 0.824. The molecule has 2 aromatic rings. The minimum atomic E-state index is -0.166. The van der Waals surface area contributed by atoms with E-state index in [0.29, 0.717) is 31.7 Å². The predicted octanol–water partition coefficient (Wildman–Crippen LogP) is 2.93. The van der Waals surface area contributed by atoms with Gasteiger partial charge in [-0.25, -0.2) is 0 Å². The van der Waals surface area contributed by atoms with Crippen molar-refractivity contribution in [2.45, 2.75) is 19.8 Å². The maximum atomic E-state index is 12.3. The summed E-state index contributed by atoms with van der Waals surface area (Å²) in [5.74, 6) is 0.736. The van der Waals surface area contributed by atoms with Crippen LogP contribution >= 0.6 is 0 Å². The lowest BCUT2D eigenvalue weighted by Crippen LogP contribution is -2.29. The Morgan fingerprint density at radius 3 is 2.72 bits per heavy atom. The Balaban J connectivity index is 1.51. The van der Waals surface area contributed by atoms with E-state index in [4.69, 9.17) is 4.74 Å². The number of aryl methyl sites for hydroxylation is 1. The van der Waals surface area contributed by atoms with E-state index in [1.165, 1.54) is 5.56 Å². The zero-order chi connectivity index (χ0) is 17.6. The lowest BCUT2D eigenvalue weighted by atomic mass is 10.1. The molecule has 1 aliphatic heterocycles. The van der Waals surface area contributed by atoms with Crippen molar-refractivity contribution >= 4 is 17.5 Å². The molecule has 1 heterocycles. The molecule has 1 fully saturated rings. The molecule has 25 heavy (non-hydrogen) atoms. The van der Waals surface area contributed by atoms with Gasteiger partial charge in [-0.15, -0.1) is 0 Å². The third-order valence-electron chi connectivity index (χ3n) is 4.17. The lowest BCUT2D eigenvalue weighted by Gasteiger charge is -2.16. The third kappa shape index (κ3) is 4.38. The van der Waals surface area contributed by atoms with Gasteiger partial charge in [-0.3, -0.25) is 9.59 Å². The van der Waals surface area contributed by atoms with Crippen LogP contribution in [0.4, 0.5) is 5.69 Å². The van der Waals surface area contributed by atoms with Gasteiger partial charge in [0.25, 0.3) is 5.91 Å². The van der Waals surface area contributed by atoms with E-state index in [0.717, 1.165) is 17.9 Å². The number of ether oxygens (including phenoxy) is 1. The molecular weight excluding hydrogens is 316 g/mol. The first-order valence-electron chi connectivity index (χ1n) is 8.51. The van der Waals surface area contributed by atoms with Crippen LogP contribution in [-0.2, 0) is 4.79 Å². The Labute approximate surface area is 147 Å². The largest absolute Gasteiger partial charge is 0.492 e. The van der Waals surface area contributed by atoms with Crippen molar-refractivity contribution < 1.29 is 14.3 Å². The fourth-order valence-corrected chi connectivity index (χ4v) is 2.81. The molecule has 0 unspecified atom stereocenters. The van der Waals surface area contributed by atoms with Gasteiger partial charge >= 0.3 is 0 Å². The van der Waals surface area contributed by atoms with Crippen LogP contribution in [-0.4, -0.2) is 31.5 Å². The van der Waals surface area contributed by atoms with E-state index in [1.807, 2.05) is 37.3 Å². The zero-order valence-corrected chi connectivity index (χ0v) is 14.3. The number of nitrogens with one attached hydrogen (secondary N) is 1. The summed E-state index contributed by atoms with van der Waals surface area (Å²) in [6.07, 6.45) is 1.44. The maximum absolute atomic E-state index is 12.3. The smallest absolute Gasteiger partial charge is 0.251 e. The van der Waals surface area contributed by atoms with Gasteiger partial charge in [-0.05, 0) is 43.7 Å². The Kier molecular flexibility index (Phi) is 5.33. The molecule has 5 heteroatoms. The Morgan fingerprint density at radius 1 is 1.20 bits per heavy atom. The Hall–Kier alpha value is -2.82. The summed E-state index contributed by atoms with van der Waals surface area (Å²) in [6.45, 7) is 3.56. The lowest BCUT2D eigenvalue weighted by molar-refractivity contribution is -0.117. The van der Waals surface area contributed by atoms with Gasteiger partial charge in [0.05, 0.1) is 6.54 Å². The summed E-state index contributed by atoms with van der Waals surface area (Å²) in [5.41, 5.74) is 2.51. The maximum Gasteiger partial charge on any atom is 0.251 e. The first kappa shape index (κ1) is 17.0. The monoisotopic (exact) mass is 338 g/mol. The van der Waals surface area contributed by atoms with Gasteiger partial charge < -0.3 is 15.0 Å². The molecule has 130 valence electrons. The molecule has 0 aromatic heterocycles. The number of hydrogen-bond donors (Lipinski definition) is 1. The van der Waals surface area contributed by atoms with Crippen LogP contribution < -0.4 is 15.0 Å². The fourth-order valence-electron chi connectivity index (χ4n) is 2.81. The number of nitrogens with zero attached hydrogens (tertiary/aromatic N) is 1. The summed E-state index contributed by atoms with van der Waals surface area (Å²) in [4.78, 5) is 25.8. The normalized spacial score (nSPS) is 13.8. The van der Waals surface area contributed by atoms with Crippen molar-refractivity contribution in [2.75, 3.05) is 24.6 Å². The van der Waals surface area contributed by atoms with E-state index in [1.54, 1.807) is 23.1 Å². The molecule has 1 saturated heterocycles. The van der Waals surface area contributed by atoms with Crippen LogP contribution in [0.2, 0.25) is 0 Å². The molecule has 0 spiro atoms. The molecule has 0 aliphatic carbocycles. The van der Waals surface area contributed by atoms with E-state index in [9.17, 15) is 9.59 Å². The standard InChI is InChI=1S/C20H22N2O3/c1-15-7-9-18(10-8-15)25-13-11-21-20(24)16-4-2-5-17(14-16)22-12-3-6-19(22)23/h2,4-5,7-10,14H,3,6,11-13H2,1H3,(H,21,24). The van der Waals surface area contributed by atoms with Crippen LogP contribution in [0.5, 0.6) is 5.75 Å². The highest BCUT2D eigenvalue weighted by Crippen LogP contribution is 2.22. The molecule has 3 rings (SSSR count). The predicted molar refractivity (Wildman–Crippen MR) is 97.0 cm³/mol. The molecule has 0 atom stereocenters. The van der Waals surface area contributed by atoms with Crippen molar-refractivity contribution in [1.82, 2.24) is 5.32 Å². The number of carbonyl (C=O) groups excluding carboxylic acids is 2. The van der Waals surface area contributed by atoms with Crippen molar-refractivity contribution in [2.24, 2.45) is 0 Å². The molecule has 2 amide bonds. The number of hydrogen-bond acceptors (Lipinski definition) is 3. The first-order valence-corrected chi connectivity index (χ1v) is 8.51. The minimum Gasteiger partial charge on any atom is -0.492 e. The summed E-state index contributed by atoms with van der Waals surface area (Å²) in [6, 6.07) is 15.0. The van der Waals surface area contributed by atoms with Crippen LogP contribution in [0.25, 0.3) is 0 Å². The highest BCUT2D eigenvalue weighted by Gasteiger charge is 2.22. The van der Waals surface area contributed by atoms with Crippen LogP contribution in [0.3, 0.4) is 0 Å². The van der Waals surface area contributed by atoms with Crippen molar-refractivity contribution in [3.63, 3.8) is 0 Å². The number of rotatable bonds is 6. The van der Waals surface area contributed by atoms with Crippen molar-refractivity contribution in [3.8, 4) is 5.75 Å². The van der Waals surface area contributed by atoms with Gasteiger partial charge in [0, 0.05) is 24.2 Å². The SMILES string of the molecule is Cc1ccc(OCCNC(=O)c2cccc(N3CCCC3=O)c2)cc1. The molecule has 0 saturated carbocycles. The molecule has 5 nitrogen and oxygen atoms in total. The van der Waals surface area contributed by atoms with Gasteiger partial charge in [0.15, 0.2) is 0 Å². The summed E-state index contributed by atoms with van der Waals surface area (Å²) in [5, 5.41) is 2.84. The van der Waals surface area contributed by atoms with Crippen LogP contribution in [0.15, 0.2) is 48.5 Å². The van der Waals surface area contributed by atoms with E-state index < -0.39 is 0 Å². The molecular formula is C20H22N2O3. The van der Waals surface area contributed by atoms with Gasteiger partial charge in [-0.2, -0.15) is 0 Å². The van der Waals surface area contributed by atoms with Crippen molar-refractivity contribution in [3.05, 3.63) is 59.7 Å². The Morgan fingerprint density at radius 2 is 2.00 bits per heavy atom. The average molecular weight is 338 g/mol.